The van der Waals surface area contributed by atoms with Crippen molar-refractivity contribution in [2.24, 2.45) is 5.10 Å². The fourth-order valence-electron chi connectivity index (χ4n) is 2.09. The van der Waals surface area contributed by atoms with Crippen molar-refractivity contribution in [2.45, 2.75) is 6.92 Å². The van der Waals surface area contributed by atoms with Gasteiger partial charge in [0.15, 0.2) is 5.78 Å². The molecule has 0 fully saturated rings. The van der Waals surface area contributed by atoms with E-state index < -0.39 is 0 Å². The monoisotopic (exact) mass is 450 g/mol. The zero-order valence-electron chi connectivity index (χ0n) is 12.2. The molecule has 23 heavy (non-hydrogen) atoms. The maximum Gasteiger partial charge on any atom is 0.155 e. The number of carbonyl (C=O) groups is 1. The van der Waals surface area contributed by atoms with Crippen molar-refractivity contribution >= 4 is 60.1 Å². The van der Waals surface area contributed by atoms with Gasteiger partial charge in [-0.25, -0.2) is 5.01 Å². The first kappa shape index (κ1) is 16.5. The Labute approximate surface area is 155 Å². The highest BCUT2D eigenvalue weighted by molar-refractivity contribution is 9.11. The van der Waals surface area contributed by atoms with Crippen LogP contribution >= 0.6 is 43.6 Å². The van der Waals surface area contributed by atoms with Gasteiger partial charge in [0, 0.05) is 20.6 Å². The van der Waals surface area contributed by atoms with Crippen molar-refractivity contribution in [3.05, 3.63) is 74.1 Å². The molecular formula is C17H12Br2N2OS. The molecule has 0 N–H and O–H groups in total. The van der Waals surface area contributed by atoms with Crippen LogP contribution in [0.25, 0.3) is 0 Å². The van der Waals surface area contributed by atoms with E-state index in [4.69, 9.17) is 5.10 Å². The van der Waals surface area contributed by atoms with Crippen LogP contribution < -0.4 is 5.01 Å². The number of allylic oxidation sites excluding steroid dienone is 1. The summed E-state index contributed by atoms with van der Waals surface area (Å²) < 4.78 is 1.88. The molecule has 3 nitrogen and oxygen atoms in total. The van der Waals surface area contributed by atoms with Crippen LogP contribution in [0.5, 0.6) is 0 Å². The van der Waals surface area contributed by atoms with E-state index in [1.165, 1.54) is 11.8 Å². The van der Waals surface area contributed by atoms with Crippen molar-refractivity contribution in [2.75, 3.05) is 5.01 Å². The topological polar surface area (TPSA) is 32.7 Å². The van der Waals surface area contributed by atoms with E-state index in [1.54, 1.807) is 18.0 Å². The maximum atomic E-state index is 11.6. The molecule has 0 amide bonds. The van der Waals surface area contributed by atoms with Crippen molar-refractivity contribution in [3.8, 4) is 0 Å². The van der Waals surface area contributed by atoms with Crippen LogP contribution in [0, 0.1) is 0 Å². The zero-order chi connectivity index (χ0) is 16.4. The van der Waals surface area contributed by atoms with Gasteiger partial charge in [0.05, 0.1) is 5.69 Å². The van der Waals surface area contributed by atoms with Crippen LogP contribution in [0.3, 0.4) is 0 Å². The van der Waals surface area contributed by atoms with Crippen LogP contribution in [-0.2, 0) is 4.79 Å². The smallest absolute Gasteiger partial charge is 0.155 e. The summed E-state index contributed by atoms with van der Waals surface area (Å²) in [6.45, 7) is 1.54. The first-order valence-corrected chi connectivity index (χ1v) is 9.24. The lowest BCUT2D eigenvalue weighted by molar-refractivity contribution is -0.112. The van der Waals surface area contributed by atoms with Crippen molar-refractivity contribution in [1.82, 2.24) is 0 Å². The quantitative estimate of drug-likeness (QED) is 0.573. The summed E-state index contributed by atoms with van der Waals surface area (Å²) in [5.74, 6) is -0.00440. The van der Waals surface area contributed by atoms with E-state index in [-0.39, 0.29) is 5.78 Å². The van der Waals surface area contributed by atoms with E-state index in [0.29, 0.717) is 0 Å². The maximum absolute atomic E-state index is 11.6. The number of hydrogen-bond donors (Lipinski definition) is 0. The largest absolute Gasteiger partial charge is 0.295 e. The first-order valence-electron chi connectivity index (χ1n) is 6.84. The Bertz CT molecular complexity index is 819. The average Bonchev–Trinajstić information content (AvgIpc) is 2.91. The number of hydrazone groups is 1. The third-order valence-corrected chi connectivity index (χ3v) is 5.23. The number of nitrogens with zero attached hydrogens (tertiary/aromatic N) is 2. The number of carbonyl (C=O) groups excluding carboxylic acids is 1. The molecule has 0 atom stereocenters. The summed E-state index contributed by atoms with van der Waals surface area (Å²) in [5.41, 5.74) is 1.92. The van der Waals surface area contributed by atoms with E-state index in [9.17, 15) is 4.79 Å². The average molecular weight is 452 g/mol. The fraction of sp³-hybridized carbons (Fsp3) is 0.0588. The van der Waals surface area contributed by atoms with Crippen LogP contribution in [0.15, 0.2) is 73.7 Å². The van der Waals surface area contributed by atoms with Crippen molar-refractivity contribution in [3.63, 3.8) is 0 Å². The molecule has 6 heteroatoms. The molecule has 1 aliphatic heterocycles. The Morgan fingerprint density at radius 1 is 1.17 bits per heavy atom. The van der Waals surface area contributed by atoms with E-state index in [0.717, 1.165) is 30.3 Å². The van der Waals surface area contributed by atoms with E-state index >= 15 is 0 Å². The summed E-state index contributed by atoms with van der Waals surface area (Å²) in [6, 6.07) is 15.8. The van der Waals surface area contributed by atoms with Gasteiger partial charge >= 0.3 is 0 Å². The van der Waals surface area contributed by atoms with Crippen LogP contribution in [0.1, 0.15) is 12.5 Å². The molecule has 0 unspecified atom stereocenters. The number of hydrogen-bond acceptors (Lipinski definition) is 4. The van der Waals surface area contributed by atoms with Crippen LogP contribution in [0.4, 0.5) is 5.69 Å². The fourth-order valence-corrected chi connectivity index (χ4v) is 4.33. The minimum atomic E-state index is -0.00440. The van der Waals surface area contributed by atoms with Crippen molar-refractivity contribution < 1.29 is 4.79 Å². The number of halogens is 2. The Morgan fingerprint density at radius 2 is 1.91 bits per heavy atom. The molecule has 0 saturated carbocycles. The summed E-state index contributed by atoms with van der Waals surface area (Å²) in [5, 5.41) is 8.16. The lowest BCUT2D eigenvalue weighted by Crippen LogP contribution is -2.11. The minimum Gasteiger partial charge on any atom is -0.295 e. The first-order chi connectivity index (χ1) is 11.0. The predicted octanol–water partition coefficient (Wildman–Crippen LogP) is 5.56. The molecule has 0 radical (unpaired) electrons. The molecule has 0 saturated heterocycles. The number of anilines is 1. The number of ketones is 1. The summed E-state index contributed by atoms with van der Waals surface area (Å²) in [7, 11) is 0. The lowest BCUT2D eigenvalue weighted by Gasteiger charge is -2.16. The molecule has 0 aliphatic carbocycles. The molecule has 2 aromatic carbocycles. The second-order valence-electron chi connectivity index (χ2n) is 4.87. The van der Waals surface area contributed by atoms with Gasteiger partial charge in [0.1, 0.15) is 10.1 Å². The minimum absolute atomic E-state index is 0.00440. The molecule has 3 rings (SSSR count). The van der Waals surface area contributed by atoms with Gasteiger partial charge in [-0.1, -0.05) is 46.3 Å². The van der Waals surface area contributed by atoms with Gasteiger partial charge in [-0.15, -0.1) is 0 Å². The highest BCUT2D eigenvalue weighted by Crippen LogP contribution is 2.40. The van der Waals surface area contributed by atoms with Gasteiger partial charge in [0.25, 0.3) is 0 Å². The van der Waals surface area contributed by atoms with Gasteiger partial charge in [-0.05, 0) is 52.8 Å². The third-order valence-electron chi connectivity index (χ3n) is 3.09. The second-order valence-corrected chi connectivity index (χ2v) is 7.65. The van der Waals surface area contributed by atoms with Gasteiger partial charge in [0.2, 0.25) is 0 Å². The Hall–Kier alpha value is -1.37. The van der Waals surface area contributed by atoms with Gasteiger partial charge < -0.3 is 0 Å². The van der Waals surface area contributed by atoms with Crippen LogP contribution in [-0.4, -0.2) is 10.8 Å². The lowest BCUT2D eigenvalue weighted by atomic mass is 10.2. The Morgan fingerprint density at radius 3 is 2.57 bits per heavy atom. The number of rotatable bonds is 3. The molecule has 0 spiro atoms. The van der Waals surface area contributed by atoms with Gasteiger partial charge in [-0.2, -0.15) is 5.10 Å². The highest BCUT2D eigenvalue weighted by Gasteiger charge is 2.25. The standard InChI is InChI=1S/C17H12Br2N2OS/c1-11(22)9-16-21(15-8-7-13(18)10-14(15)19)20-17(23-16)12-5-3-2-4-6-12/h2-10H,1H3/b16-9-. The Kier molecular flexibility index (Phi) is 5.04. The molecule has 116 valence electrons. The molecule has 1 heterocycles. The Balaban J connectivity index is 2.06. The molecule has 1 aliphatic rings. The molecular weight excluding hydrogens is 440 g/mol. The van der Waals surface area contributed by atoms with E-state index in [2.05, 4.69) is 31.9 Å². The van der Waals surface area contributed by atoms with E-state index in [1.807, 2.05) is 48.5 Å². The zero-order valence-corrected chi connectivity index (χ0v) is 16.2. The molecule has 0 aromatic heterocycles. The SMILES string of the molecule is CC(=O)/C=C1\SC(c2ccccc2)=NN1c1ccc(Br)cc1Br. The molecule has 2 aromatic rings. The number of thioether (sulfide) groups is 1. The summed E-state index contributed by atoms with van der Waals surface area (Å²) >= 11 is 8.51. The summed E-state index contributed by atoms with van der Waals surface area (Å²) in [4.78, 5) is 11.6. The molecule has 0 bridgehead atoms. The van der Waals surface area contributed by atoms with Gasteiger partial charge in [-0.3, -0.25) is 4.79 Å². The highest BCUT2D eigenvalue weighted by atomic mass is 79.9. The predicted molar refractivity (Wildman–Crippen MR) is 104 cm³/mol. The summed E-state index contributed by atoms with van der Waals surface area (Å²) in [6.07, 6.45) is 1.61. The third kappa shape index (κ3) is 3.76. The van der Waals surface area contributed by atoms with Crippen molar-refractivity contribution in [1.29, 1.82) is 0 Å². The normalized spacial score (nSPS) is 15.9. The second kappa shape index (κ2) is 7.03. The number of benzene rings is 2. The van der Waals surface area contributed by atoms with Crippen LogP contribution in [0.2, 0.25) is 0 Å².